The highest BCUT2D eigenvalue weighted by molar-refractivity contribution is 6.00. The van der Waals surface area contributed by atoms with E-state index in [-0.39, 0.29) is 0 Å². The first-order valence-electron chi connectivity index (χ1n) is 20.5. The van der Waals surface area contributed by atoms with Crippen molar-refractivity contribution in [2.45, 2.75) is 0 Å². The zero-order valence-corrected chi connectivity index (χ0v) is 33.1. The molecule has 0 aliphatic heterocycles. The summed E-state index contributed by atoms with van der Waals surface area (Å²) in [5.41, 5.74) is 13.9. The van der Waals surface area contributed by atoms with Crippen LogP contribution in [0.3, 0.4) is 0 Å². The molecule has 2 nitrogen and oxygen atoms in total. The van der Waals surface area contributed by atoms with Gasteiger partial charge in [0, 0.05) is 33.8 Å². The Balaban J connectivity index is 0.848. The first-order valence-corrected chi connectivity index (χ1v) is 20.5. The van der Waals surface area contributed by atoms with Crippen molar-refractivity contribution in [3.05, 3.63) is 254 Å². The maximum atomic E-state index is 2.38. The van der Waals surface area contributed by atoms with Crippen molar-refractivity contribution in [1.82, 2.24) is 0 Å². The van der Waals surface area contributed by atoms with Gasteiger partial charge in [-0.2, -0.15) is 0 Å². The Bertz CT molecular complexity index is 3000. The lowest BCUT2D eigenvalue weighted by molar-refractivity contribution is 1.28. The molecule has 0 aliphatic carbocycles. The largest absolute Gasteiger partial charge is 0.311 e. The van der Waals surface area contributed by atoms with Crippen LogP contribution < -0.4 is 9.80 Å². The Morgan fingerprint density at radius 1 is 0.250 bits per heavy atom. The predicted molar refractivity (Wildman–Crippen MR) is 257 cm³/mol. The molecular weight excluding hydrogens is 725 g/mol. The Hall–Kier alpha value is -7.94. The third kappa shape index (κ3) is 7.58. The summed E-state index contributed by atoms with van der Waals surface area (Å²) >= 11 is 0. The van der Waals surface area contributed by atoms with E-state index in [4.69, 9.17) is 0 Å². The van der Waals surface area contributed by atoms with Crippen LogP contribution in [-0.2, 0) is 0 Å². The van der Waals surface area contributed by atoms with Crippen LogP contribution in [-0.4, -0.2) is 0 Å². The number of para-hydroxylation sites is 2. The van der Waals surface area contributed by atoms with E-state index in [2.05, 4.69) is 265 Å². The van der Waals surface area contributed by atoms with Gasteiger partial charge in [-0.3, -0.25) is 0 Å². The van der Waals surface area contributed by atoms with Gasteiger partial charge in [-0.15, -0.1) is 0 Å². The molecule has 10 aromatic carbocycles. The van der Waals surface area contributed by atoms with Crippen LogP contribution in [0.1, 0.15) is 11.1 Å². The van der Waals surface area contributed by atoms with Crippen LogP contribution in [0.5, 0.6) is 0 Å². The summed E-state index contributed by atoms with van der Waals surface area (Å²) < 4.78 is 0. The molecule has 0 fully saturated rings. The maximum Gasteiger partial charge on any atom is 0.0540 e. The van der Waals surface area contributed by atoms with Gasteiger partial charge < -0.3 is 9.80 Å². The van der Waals surface area contributed by atoms with E-state index in [0.717, 1.165) is 45.3 Å². The second kappa shape index (κ2) is 16.5. The van der Waals surface area contributed by atoms with E-state index in [1.807, 2.05) is 0 Å². The van der Waals surface area contributed by atoms with Crippen molar-refractivity contribution in [3.8, 4) is 22.3 Å². The second-order valence-electron chi connectivity index (χ2n) is 15.0. The Morgan fingerprint density at radius 2 is 0.650 bits per heavy atom. The normalized spacial score (nSPS) is 11.3. The molecule has 0 radical (unpaired) electrons. The highest BCUT2D eigenvalue weighted by Gasteiger charge is 2.16. The number of hydrogen-bond acceptors (Lipinski definition) is 2. The molecule has 0 heterocycles. The topological polar surface area (TPSA) is 6.48 Å². The van der Waals surface area contributed by atoms with Crippen molar-refractivity contribution < 1.29 is 0 Å². The maximum absolute atomic E-state index is 2.38. The quantitative estimate of drug-likeness (QED) is 0.128. The van der Waals surface area contributed by atoms with Crippen molar-refractivity contribution in [1.29, 1.82) is 0 Å². The first kappa shape index (κ1) is 36.4. The summed E-state index contributed by atoms with van der Waals surface area (Å²) in [6.45, 7) is 0. The van der Waals surface area contributed by atoms with E-state index < -0.39 is 0 Å². The van der Waals surface area contributed by atoms with Gasteiger partial charge in [-0.25, -0.2) is 0 Å². The van der Waals surface area contributed by atoms with Crippen LogP contribution in [0.15, 0.2) is 243 Å². The fourth-order valence-electron chi connectivity index (χ4n) is 8.12. The molecule has 2 heteroatoms. The minimum absolute atomic E-state index is 1.12. The van der Waals surface area contributed by atoms with Gasteiger partial charge in [0.25, 0.3) is 0 Å². The zero-order chi connectivity index (χ0) is 40.1. The Labute approximate surface area is 352 Å². The molecule has 0 saturated heterocycles. The molecule has 10 aromatic rings. The van der Waals surface area contributed by atoms with E-state index >= 15 is 0 Å². The lowest BCUT2D eigenvalue weighted by Crippen LogP contribution is -2.10. The molecule has 0 spiro atoms. The lowest BCUT2D eigenvalue weighted by atomic mass is 10.0. The van der Waals surface area contributed by atoms with Crippen LogP contribution in [0, 0.1) is 0 Å². The van der Waals surface area contributed by atoms with Gasteiger partial charge >= 0.3 is 0 Å². The molecule has 60 heavy (non-hydrogen) atoms. The predicted octanol–water partition coefficient (Wildman–Crippen LogP) is 16.4. The van der Waals surface area contributed by atoms with Crippen LogP contribution >= 0.6 is 0 Å². The molecule has 10 rings (SSSR count). The summed E-state index contributed by atoms with van der Waals surface area (Å²) in [4.78, 5) is 4.66. The standard InChI is InChI=1S/C58H42N2/c1-3-16-52(17-4-1)59(53-18-5-2-6-19-53)54-37-32-48(33-38-54)46-28-24-43(25-29-46)22-23-44-26-30-47(31-27-44)49-34-39-55(40-35-49)60(56-41-36-45-12-7-8-14-51(45)42-56)58-21-11-15-50-13-9-10-20-57(50)58/h1-42H/b23-22+. The summed E-state index contributed by atoms with van der Waals surface area (Å²) in [5, 5.41) is 4.90. The number of anilines is 6. The van der Waals surface area contributed by atoms with Crippen LogP contribution in [0.25, 0.3) is 56.0 Å². The van der Waals surface area contributed by atoms with Gasteiger partial charge in [0.2, 0.25) is 0 Å². The van der Waals surface area contributed by atoms with Gasteiger partial charge in [0.15, 0.2) is 0 Å². The highest BCUT2D eigenvalue weighted by atomic mass is 15.1. The van der Waals surface area contributed by atoms with Gasteiger partial charge in [-0.1, -0.05) is 188 Å². The summed E-state index contributed by atoms with van der Waals surface area (Å²) in [7, 11) is 0. The molecule has 0 aliphatic rings. The van der Waals surface area contributed by atoms with E-state index in [0.29, 0.717) is 0 Å². The highest BCUT2D eigenvalue weighted by Crippen LogP contribution is 2.41. The van der Waals surface area contributed by atoms with Crippen LogP contribution in [0.4, 0.5) is 34.1 Å². The number of nitrogens with zero attached hydrogens (tertiary/aromatic N) is 2. The Morgan fingerprint density at radius 3 is 1.20 bits per heavy atom. The second-order valence-corrected chi connectivity index (χ2v) is 15.0. The van der Waals surface area contributed by atoms with E-state index in [1.54, 1.807) is 0 Å². The van der Waals surface area contributed by atoms with E-state index in [9.17, 15) is 0 Å². The molecule has 0 N–H and O–H groups in total. The van der Waals surface area contributed by atoms with Crippen molar-refractivity contribution >= 4 is 67.8 Å². The molecule has 0 unspecified atom stereocenters. The molecule has 284 valence electrons. The lowest BCUT2D eigenvalue weighted by Gasteiger charge is -2.27. The smallest absolute Gasteiger partial charge is 0.0540 e. The SMILES string of the molecule is C(=C\c1ccc(-c2ccc(N(c3ccc4ccccc4c3)c3cccc4ccccc34)cc2)cc1)/c1ccc(-c2ccc(N(c3ccccc3)c3ccccc3)cc2)cc1. The summed E-state index contributed by atoms with van der Waals surface area (Å²) in [6.07, 6.45) is 4.37. The van der Waals surface area contributed by atoms with Crippen molar-refractivity contribution in [2.24, 2.45) is 0 Å². The summed E-state index contributed by atoms with van der Waals surface area (Å²) in [5.74, 6) is 0. The minimum Gasteiger partial charge on any atom is -0.311 e. The van der Waals surface area contributed by atoms with Crippen LogP contribution in [0.2, 0.25) is 0 Å². The fourth-order valence-corrected chi connectivity index (χ4v) is 8.12. The number of fused-ring (bicyclic) bond motifs is 2. The van der Waals surface area contributed by atoms with Crippen molar-refractivity contribution in [3.63, 3.8) is 0 Å². The average Bonchev–Trinajstić information content (AvgIpc) is 3.33. The van der Waals surface area contributed by atoms with Gasteiger partial charge in [-0.05, 0) is 116 Å². The number of hydrogen-bond donors (Lipinski definition) is 0. The third-order valence-corrected chi connectivity index (χ3v) is 11.2. The fraction of sp³-hybridized carbons (Fsp3) is 0. The Kier molecular flexibility index (Phi) is 10.0. The summed E-state index contributed by atoms with van der Waals surface area (Å²) in [6, 6.07) is 86.9. The molecule has 0 bridgehead atoms. The minimum atomic E-state index is 1.12. The molecule has 0 aromatic heterocycles. The molecule has 0 amide bonds. The molecule has 0 atom stereocenters. The van der Waals surface area contributed by atoms with Crippen molar-refractivity contribution in [2.75, 3.05) is 9.80 Å². The zero-order valence-electron chi connectivity index (χ0n) is 33.1. The van der Waals surface area contributed by atoms with Gasteiger partial charge in [0.05, 0.1) is 5.69 Å². The monoisotopic (exact) mass is 766 g/mol. The molecular formula is C58H42N2. The van der Waals surface area contributed by atoms with Gasteiger partial charge in [0.1, 0.15) is 0 Å². The first-order chi connectivity index (χ1) is 29.7. The molecule has 0 saturated carbocycles. The third-order valence-electron chi connectivity index (χ3n) is 11.2. The average molecular weight is 767 g/mol. The number of rotatable bonds is 10. The number of benzene rings is 10. The van der Waals surface area contributed by atoms with E-state index in [1.165, 1.54) is 43.8 Å².